The topological polar surface area (TPSA) is 41.1 Å². The molecule has 0 spiro atoms. The van der Waals surface area contributed by atoms with Gasteiger partial charge in [-0.1, -0.05) is 6.92 Å². The van der Waals surface area contributed by atoms with Crippen molar-refractivity contribution in [3.63, 3.8) is 0 Å². The van der Waals surface area contributed by atoms with Crippen LogP contribution in [0, 0.1) is 5.92 Å². The van der Waals surface area contributed by atoms with Crippen molar-refractivity contribution in [2.45, 2.75) is 25.9 Å². The van der Waals surface area contributed by atoms with Crippen LogP contribution in [0.15, 0.2) is 6.07 Å². The van der Waals surface area contributed by atoms with Gasteiger partial charge in [-0.3, -0.25) is 0 Å². The van der Waals surface area contributed by atoms with E-state index in [2.05, 4.69) is 27.1 Å². The summed E-state index contributed by atoms with van der Waals surface area (Å²) in [5.41, 5.74) is -1.03. The number of rotatable bonds is 5. The Kier molecular flexibility index (Phi) is 5.27. The Bertz CT molecular complexity index is 475. The summed E-state index contributed by atoms with van der Waals surface area (Å²) in [6.07, 6.45) is -2.09. The monoisotopic (exact) mass is 322 g/mol. The lowest BCUT2D eigenvalue weighted by atomic mass is 10.1. The highest BCUT2D eigenvalue weighted by molar-refractivity contribution is 6.28. The van der Waals surface area contributed by atoms with Crippen LogP contribution in [0.3, 0.4) is 0 Å². The molecule has 1 aliphatic heterocycles. The predicted octanol–water partition coefficient (Wildman–Crippen LogP) is 3.29. The van der Waals surface area contributed by atoms with Crippen molar-refractivity contribution in [3.8, 4) is 0 Å². The van der Waals surface area contributed by atoms with E-state index in [1.165, 1.54) is 12.8 Å². The predicted molar refractivity (Wildman–Crippen MR) is 75.4 cm³/mol. The van der Waals surface area contributed by atoms with E-state index in [1.54, 1.807) is 0 Å². The highest BCUT2D eigenvalue weighted by Gasteiger charge is 2.33. The number of aromatic nitrogens is 2. The molecule has 1 N–H and O–H groups in total. The van der Waals surface area contributed by atoms with Crippen molar-refractivity contribution in [1.29, 1.82) is 0 Å². The minimum atomic E-state index is -4.52. The van der Waals surface area contributed by atoms with E-state index < -0.39 is 17.2 Å². The molecule has 1 saturated heterocycles. The molecule has 1 unspecified atom stereocenters. The average Bonchev–Trinajstić information content (AvgIpc) is 2.87. The number of halogens is 4. The van der Waals surface area contributed by atoms with Crippen LogP contribution in [0.1, 0.15) is 25.5 Å². The minimum absolute atomic E-state index is 0.107. The van der Waals surface area contributed by atoms with Crippen molar-refractivity contribution >= 4 is 17.4 Å². The molecular weight excluding hydrogens is 305 g/mol. The van der Waals surface area contributed by atoms with Gasteiger partial charge < -0.3 is 10.2 Å². The van der Waals surface area contributed by atoms with Gasteiger partial charge in [-0.05, 0) is 43.5 Å². The molecule has 118 valence electrons. The molecule has 0 aliphatic carbocycles. The molecule has 1 fully saturated rings. The number of likely N-dealkylation sites (tertiary alicyclic amines) is 1. The third-order valence-electron chi connectivity index (χ3n) is 3.39. The molecule has 0 bridgehead atoms. The number of alkyl halides is 3. The lowest BCUT2D eigenvalue weighted by Crippen LogP contribution is -2.29. The lowest BCUT2D eigenvalue weighted by molar-refractivity contribution is -0.141. The third kappa shape index (κ3) is 5.00. The first-order chi connectivity index (χ1) is 9.84. The number of nitrogens with zero attached hydrogens (tertiary/aromatic N) is 3. The summed E-state index contributed by atoms with van der Waals surface area (Å²) >= 11 is 5.54. The normalized spacial score (nSPS) is 18.0. The van der Waals surface area contributed by atoms with Gasteiger partial charge in [-0.25, -0.2) is 9.97 Å². The highest BCUT2D eigenvalue weighted by Crippen LogP contribution is 2.29. The largest absolute Gasteiger partial charge is 0.433 e. The summed E-state index contributed by atoms with van der Waals surface area (Å²) < 4.78 is 37.9. The fraction of sp³-hybridized carbons (Fsp3) is 0.692. The Balaban J connectivity index is 1.91. The lowest BCUT2D eigenvalue weighted by Gasteiger charge is -2.20. The molecule has 21 heavy (non-hydrogen) atoms. The Morgan fingerprint density at radius 3 is 2.62 bits per heavy atom. The summed E-state index contributed by atoms with van der Waals surface area (Å²) in [6.45, 7) is 5.72. The zero-order valence-electron chi connectivity index (χ0n) is 11.8. The average molecular weight is 323 g/mol. The van der Waals surface area contributed by atoms with E-state index in [4.69, 9.17) is 11.6 Å². The van der Waals surface area contributed by atoms with E-state index in [9.17, 15) is 13.2 Å². The molecule has 8 heteroatoms. The SMILES string of the molecule is CC(CNc1cc(C(F)(F)F)nc(Cl)n1)CN1CCCC1. The molecular formula is C13H18ClF3N4. The van der Waals surface area contributed by atoms with Crippen LogP contribution in [0.5, 0.6) is 0 Å². The number of hydrogen-bond donors (Lipinski definition) is 1. The van der Waals surface area contributed by atoms with Gasteiger partial charge in [0.2, 0.25) is 5.28 Å². The van der Waals surface area contributed by atoms with Gasteiger partial charge in [0.25, 0.3) is 0 Å². The van der Waals surface area contributed by atoms with Gasteiger partial charge in [0.15, 0.2) is 5.69 Å². The Hall–Kier alpha value is -1.08. The highest BCUT2D eigenvalue weighted by atomic mass is 35.5. The molecule has 2 rings (SSSR count). The Labute approximate surface area is 126 Å². The quantitative estimate of drug-likeness (QED) is 0.845. The van der Waals surface area contributed by atoms with Gasteiger partial charge in [0.05, 0.1) is 0 Å². The molecule has 1 aliphatic rings. The molecule has 2 heterocycles. The standard InChI is InChI=1S/C13H18ClF3N4/c1-9(8-21-4-2-3-5-21)7-18-11-6-10(13(15,16)17)19-12(14)20-11/h6,9H,2-5,7-8H2,1H3,(H,18,19,20). The first-order valence-electron chi connectivity index (χ1n) is 6.92. The molecule has 1 atom stereocenters. The maximum atomic E-state index is 12.6. The van der Waals surface area contributed by atoms with E-state index in [-0.39, 0.29) is 5.82 Å². The van der Waals surface area contributed by atoms with Crippen molar-refractivity contribution in [2.75, 3.05) is 31.5 Å². The second-order valence-corrected chi connectivity index (χ2v) is 5.74. The first kappa shape index (κ1) is 16.3. The zero-order valence-corrected chi connectivity index (χ0v) is 12.5. The van der Waals surface area contributed by atoms with Crippen molar-refractivity contribution < 1.29 is 13.2 Å². The molecule has 1 aromatic heterocycles. The van der Waals surface area contributed by atoms with Crippen molar-refractivity contribution in [2.24, 2.45) is 5.92 Å². The van der Waals surface area contributed by atoms with Crippen LogP contribution in [-0.4, -0.2) is 41.0 Å². The smallest absolute Gasteiger partial charge is 0.370 e. The summed E-state index contributed by atoms with van der Waals surface area (Å²) in [5, 5.41) is 2.51. The van der Waals surface area contributed by atoms with E-state index in [0.29, 0.717) is 12.5 Å². The molecule has 4 nitrogen and oxygen atoms in total. The van der Waals surface area contributed by atoms with Crippen LogP contribution >= 0.6 is 11.6 Å². The van der Waals surface area contributed by atoms with Gasteiger partial charge in [0.1, 0.15) is 5.82 Å². The number of anilines is 1. The third-order valence-corrected chi connectivity index (χ3v) is 3.56. The molecule has 0 aromatic carbocycles. The molecule has 0 amide bonds. The molecule has 0 radical (unpaired) electrons. The molecule has 1 aromatic rings. The fourth-order valence-electron chi connectivity index (χ4n) is 2.40. The summed E-state index contributed by atoms with van der Waals surface area (Å²) in [6, 6.07) is 0.883. The minimum Gasteiger partial charge on any atom is -0.370 e. The van der Waals surface area contributed by atoms with Crippen molar-refractivity contribution in [1.82, 2.24) is 14.9 Å². The van der Waals surface area contributed by atoms with Crippen LogP contribution < -0.4 is 5.32 Å². The van der Waals surface area contributed by atoms with Gasteiger partial charge in [0, 0.05) is 19.2 Å². The first-order valence-corrected chi connectivity index (χ1v) is 7.30. The van der Waals surface area contributed by atoms with Crippen LogP contribution in [0.25, 0.3) is 0 Å². The Morgan fingerprint density at radius 2 is 2.00 bits per heavy atom. The zero-order chi connectivity index (χ0) is 15.5. The summed E-state index contributed by atoms with van der Waals surface area (Å²) in [7, 11) is 0. The summed E-state index contributed by atoms with van der Waals surface area (Å²) in [4.78, 5) is 9.34. The second-order valence-electron chi connectivity index (χ2n) is 5.40. The van der Waals surface area contributed by atoms with E-state index >= 15 is 0 Å². The number of nitrogens with one attached hydrogen (secondary N) is 1. The van der Waals surface area contributed by atoms with Gasteiger partial charge >= 0.3 is 6.18 Å². The van der Waals surface area contributed by atoms with E-state index in [1.807, 2.05) is 0 Å². The Morgan fingerprint density at radius 1 is 1.33 bits per heavy atom. The van der Waals surface area contributed by atoms with Crippen LogP contribution in [0.2, 0.25) is 5.28 Å². The van der Waals surface area contributed by atoms with Crippen LogP contribution in [0.4, 0.5) is 19.0 Å². The maximum absolute atomic E-state index is 12.6. The summed E-state index contributed by atoms with van der Waals surface area (Å²) in [5.74, 6) is 0.418. The van der Waals surface area contributed by atoms with Gasteiger partial charge in [-0.2, -0.15) is 13.2 Å². The van der Waals surface area contributed by atoms with E-state index in [0.717, 1.165) is 25.7 Å². The molecule has 0 saturated carbocycles. The van der Waals surface area contributed by atoms with Crippen molar-refractivity contribution in [3.05, 3.63) is 17.0 Å². The fourth-order valence-corrected chi connectivity index (χ4v) is 2.59. The van der Waals surface area contributed by atoms with Crippen LogP contribution in [-0.2, 0) is 6.18 Å². The second kappa shape index (κ2) is 6.79. The van der Waals surface area contributed by atoms with Gasteiger partial charge in [-0.15, -0.1) is 0 Å². The number of hydrogen-bond acceptors (Lipinski definition) is 4. The maximum Gasteiger partial charge on any atom is 0.433 e.